The topological polar surface area (TPSA) is 118 Å². The summed E-state index contributed by atoms with van der Waals surface area (Å²) >= 11 is 3.43. The molecule has 0 saturated heterocycles. The smallest absolute Gasteiger partial charge is 0.256 e. The molecule has 0 unspecified atom stereocenters. The van der Waals surface area contributed by atoms with Gasteiger partial charge in [-0.15, -0.1) is 0 Å². The lowest BCUT2D eigenvalue weighted by Gasteiger charge is -2.12. The van der Waals surface area contributed by atoms with E-state index in [0.717, 1.165) is 15.4 Å². The van der Waals surface area contributed by atoms with Crippen molar-refractivity contribution in [2.24, 2.45) is 5.14 Å². The number of benzene rings is 2. The summed E-state index contributed by atoms with van der Waals surface area (Å²) < 4.78 is 23.6. The molecule has 28 heavy (non-hydrogen) atoms. The van der Waals surface area contributed by atoms with Crippen molar-refractivity contribution in [2.75, 3.05) is 5.32 Å². The number of hydrogen-bond donors (Lipinski definition) is 3. The lowest BCUT2D eigenvalue weighted by molar-refractivity contribution is 0.598. The molecule has 2 heterocycles. The summed E-state index contributed by atoms with van der Waals surface area (Å²) in [4.78, 5) is 19.9. The zero-order valence-corrected chi connectivity index (χ0v) is 16.8. The molecule has 7 nitrogen and oxygen atoms in total. The van der Waals surface area contributed by atoms with Crippen molar-refractivity contribution in [2.45, 2.75) is 11.4 Å². The van der Waals surface area contributed by atoms with Crippen molar-refractivity contribution in [3.8, 4) is 0 Å². The van der Waals surface area contributed by atoms with Crippen LogP contribution < -0.4 is 16.0 Å². The number of pyridine rings is 2. The lowest BCUT2D eigenvalue weighted by atomic mass is 10.1. The average molecular weight is 459 g/mol. The van der Waals surface area contributed by atoms with Gasteiger partial charge in [-0.25, -0.2) is 18.5 Å². The first-order valence-electron chi connectivity index (χ1n) is 8.29. The van der Waals surface area contributed by atoms with Crippen molar-refractivity contribution in [1.82, 2.24) is 9.97 Å². The minimum absolute atomic E-state index is 0.0580. The molecule has 2 aromatic carbocycles. The molecule has 4 rings (SSSR count). The Balaban J connectivity index is 1.75. The monoisotopic (exact) mass is 458 g/mol. The number of hydrogen-bond acceptors (Lipinski definition) is 5. The van der Waals surface area contributed by atoms with Gasteiger partial charge in [0, 0.05) is 28.0 Å². The fourth-order valence-electron chi connectivity index (χ4n) is 3.05. The summed E-state index contributed by atoms with van der Waals surface area (Å²) in [5.74, 6) is 0.575. The van der Waals surface area contributed by atoms with Crippen molar-refractivity contribution in [1.29, 1.82) is 0 Å². The fraction of sp³-hybridized carbons (Fsp3) is 0.0526. The third kappa shape index (κ3) is 3.51. The van der Waals surface area contributed by atoms with Gasteiger partial charge in [-0.3, -0.25) is 4.79 Å². The first-order valence-corrected chi connectivity index (χ1v) is 10.6. The molecule has 4 N–H and O–H groups in total. The van der Waals surface area contributed by atoms with Crippen LogP contribution in [0.25, 0.3) is 21.7 Å². The highest BCUT2D eigenvalue weighted by Crippen LogP contribution is 2.29. The number of halogens is 1. The summed E-state index contributed by atoms with van der Waals surface area (Å²) in [6.07, 6.45) is 1.59. The van der Waals surface area contributed by atoms with Crippen molar-refractivity contribution < 1.29 is 8.42 Å². The Kier molecular flexibility index (Phi) is 4.66. The molecule has 4 aromatic rings. The summed E-state index contributed by atoms with van der Waals surface area (Å²) in [6.45, 7) is 0.405. The Hall–Kier alpha value is -2.75. The van der Waals surface area contributed by atoms with Crippen LogP contribution in [0.15, 0.2) is 68.9 Å². The van der Waals surface area contributed by atoms with E-state index in [1.54, 1.807) is 24.4 Å². The number of rotatable bonds is 4. The van der Waals surface area contributed by atoms with Gasteiger partial charge in [0.15, 0.2) is 0 Å². The van der Waals surface area contributed by atoms with Crippen LogP contribution in [0, 0.1) is 0 Å². The van der Waals surface area contributed by atoms with Gasteiger partial charge in [-0.05, 0) is 42.0 Å². The summed E-state index contributed by atoms with van der Waals surface area (Å²) in [7, 11) is -3.72. The molecule has 0 saturated carbocycles. The number of aromatic amines is 1. The van der Waals surface area contributed by atoms with Gasteiger partial charge < -0.3 is 10.3 Å². The van der Waals surface area contributed by atoms with E-state index < -0.39 is 10.0 Å². The van der Waals surface area contributed by atoms with Crippen LogP contribution in [-0.2, 0) is 16.6 Å². The molecule has 0 amide bonds. The van der Waals surface area contributed by atoms with E-state index in [1.807, 2.05) is 18.2 Å². The molecule has 0 aliphatic carbocycles. The van der Waals surface area contributed by atoms with E-state index >= 15 is 0 Å². The van der Waals surface area contributed by atoms with Crippen molar-refractivity contribution in [3.05, 3.63) is 75.1 Å². The SMILES string of the molecule is NS(=O)(=O)c1ccc(CNc2nc3ccc(Br)cc3c3c(=O)[nH]ccc23)cc1. The lowest BCUT2D eigenvalue weighted by Crippen LogP contribution is -2.12. The third-order valence-electron chi connectivity index (χ3n) is 4.39. The highest BCUT2D eigenvalue weighted by Gasteiger charge is 2.12. The number of nitrogens with zero attached hydrogens (tertiary/aromatic N) is 1. The molecule has 0 radical (unpaired) electrons. The Morgan fingerprint density at radius 1 is 1.07 bits per heavy atom. The zero-order chi connectivity index (χ0) is 19.9. The Morgan fingerprint density at radius 3 is 2.54 bits per heavy atom. The van der Waals surface area contributed by atoms with E-state index in [-0.39, 0.29) is 10.5 Å². The predicted molar refractivity (Wildman–Crippen MR) is 113 cm³/mol. The van der Waals surface area contributed by atoms with E-state index in [0.29, 0.717) is 28.7 Å². The number of nitrogens with two attached hydrogens (primary N) is 1. The van der Waals surface area contributed by atoms with Crippen LogP contribution in [0.5, 0.6) is 0 Å². The van der Waals surface area contributed by atoms with Gasteiger partial charge in [0.25, 0.3) is 5.56 Å². The number of anilines is 1. The van der Waals surface area contributed by atoms with Gasteiger partial charge in [0.1, 0.15) is 5.82 Å². The maximum Gasteiger partial charge on any atom is 0.256 e. The molecule has 142 valence electrons. The summed E-state index contributed by atoms with van der Waals surface area (Å²) in [6, 6.07) is 13.7. The van der Waals surface area contributed by atoms with Gasteiger partial charge in [0.05, 0.1) is 15.8 Å². The molecule has 0 aliphatic heterocycles. The van der Waals surface area contributed by atoms with E-state index in [4.69, 9.17) is 5.14 Å². The maximum atomic E-state index is 12.5. The number of aromatic nitrogens is 2. The Morgan fingerprint density at radius 2 is 1.82 bits per heavy atom. The zero-order valence-electron chi connectivity index (χ0n) is 14.4. The van der Waals surface area contributed by atoms with Gasteiger partial charge >= 0.3 is 0 Å². The molecule has 0 fully saturated rings. The number of fused-ring (bicyclic) bond motifs is 3. The van der Waals surface area contributed by atoms with Crippen LogP contribution in [0.2, 0.25) is 0 Å². The minimum atomic E-state index is -3.72. The third-order valence-corrected chi connectivity index (χ3v) is 5.81. The molecule has 0 bridgehead atoms. The van der Waals surface area contributed by atoms with Gasteiger partial charge in [0.2, 0.25) is 10.0 Å². The van der Waals surface area contributed by atoms with Crippen molar-refractivity contribution >= 4 is 53.4 Å². The maximum absolute atomic E-state index is 12.5. The van der Waals surface area contributed by atoms with Gasteiger partial charge in [-0.2, -0.15) is 0 Å². The second kappa shape index (κ2) is 7.01. The predicted octanol–water partition coefficient (Wildman–Crippen LogP) is 3.10. The Bertz CT molecular complexity index is 1370. The van der Waals surface area contributed by atoms with Crippen molar-refractivity contribution in [3.63, 3.8) is 0 Å². The standard InChI is InChI=1S/C19H15BrN4O3S/c20-12-3-6-16-15(9-12)17-14(7-8-22-19(17)25)18(24-16)23-10-11-1-4-13(5-2-11)28(21,26)27/h1-9H,10H2,(H,22,25)(H,23,24)(H2,21,26,27). The number of primary sulfonamides is 1. The van der Waals surface area contributed by atoms with E-state index in [1.165, 1.54) is 12.1 Å². The molecular formula is C19H15BrN4O3S. The van der Waals surface area contributed by atoms with E-state index in [2.05, 4.69) is 31.2 Å². The largest absolute Gasteiger partial charge is 0.365 e. The molecule has 2 aromatic heterocycles. The molecule has 0 atom stereocenters. The summed E-state index contributed by atoms with van der Waals surface area (Å²) in [5.41, 5.74) is 1.35. The van der Waals surface area contributed by atoms with Crippen LogP contribution in [0.4, 0.5) is 5.82 Å². The number of H-pyrrole nitrogens is 1. The molecule has 9 heteroatoms. The van der Waals surface area contributed by atoms with Crippen LogP contribution in [0.1, 0.15) is 5.56 Å². The highest BCUT2D eigenvalue weighted by atomic mass is 79.9. The molecule has 0 aliphatic rings. The minimum Gasteiger partial charge on any atom is -0.365 e. The first kappa shape index (κ1) is 18.6. The quantitative estimate of drug-likeness (QED) is 0.406. The van der Waals surface area contributed by atoms with Gasteiger partial charge in [-0.1, -0.05) is 28.1 Å². The van der Waals surface area contributed by atoms with Crippen LogP contribution in [-0.4, -0.2) is 18.4 Å². The van der Waals surface area contributed by atoms with Crippen LogP contribution in [0.3, 0.4) is 0 Å². The summed E-state index contributed by atoms with van der Waals surface area (Å²) in [5, 5.41) is 10.4. The van der Waals surface area contributed by atoms with Crippen LogP contribution >= 0.6 is 15.9 Å². The normalized spacial score (nSPS) is 11.8. The van der Waals surface area contributed by atoms with E-state index in [9.17, 15) is 13.2 Å². The molecular weight excluding hydrogens is 444 g/mol. The number of nitrogens with one attached hydrogen (secondary N) is 2. The second-order valence-corrected chi connectivity index (χ2v) is 8.74. The highest BCUT2D eigenvalue weighted by molar-refractivity contribution is 9.10. The Labute approximate surface area is 168 Å². The first-order chi connectivity index (χ1) is 13.3. The average Bonchev–Trinajstić information content (AvgIpc) is 2.66. The second-order valence-electron chi connectivity index (χ2n) is 6.26. The fourth-order valence-corrected chi connectivity index (χ4v) is 3.92. The number of sulfonamides is 1. The molecule has 0 spiro atoms.